The summed E-state index contributed by atoms with van der Waals surface area (Å²) in [6, 6.07) is 7.78. The zero-order valence-corrected chi connectivity index (χ0v) is 14.7. The lowest BCUT2D eigenvalue weighted by molar-refractivity contribution is -0.135. The Morgan fingerprint density at radius 2 is 1.96 bits per heavy atom. The van der Waals surface area contributed by atoms with E-state index in [-0.39, 0.29) is 11.9 Å². The van der Waals surface area contributed by atoms with Crippen LogP contribution in [-0.2, 0) is 17.9 Å². The van der Waals surface area contributed by atoms with Gasteiger partial charge < -0.3 is 4.90 Å². The maximum absolute atomic E-state index is 13.0. The van der Waals surface area contributed by atoms with Crippen molar-refractivity contribution in [3.8, 4) is 0 Å². The van der Waals surface area contributed by atoms with Crippen LogP contribution in [0.5, 0.6) is 0 Å². The monoisotopic (exact) mass is 314 g/mol. The topological polar surface area (TPSA) is 41.4 Å². The van der Waals surface area contributed by atoms with E-state index >= 15 is 0 Å². The van der Waals surface area contributed by atoms with Crippen LogP contribution in [0.25, 0.3) is 0 Å². The largest absolute Gasteiger partial charge is 0.340 e. The number of nitrogens with zero attached hydrogens (tertiary/aromatic N) is 4. The van der Waals surface area contributed by atoms with Crippen molar-refractivity contribution < 1.29 is 4.79 Å². The molecule has 5 nitrogen and oxygen atoms in total. The molecule has 1 aromatic heterocycles. The summed E-state index contributed by atoms with van der Waals surface area (Å²) in [5, 5.41) is 4.27. The van der Waals surface area contributed by atoms with Crippen molar-refractivity contribution in [1.82, 2.24) is 19.6 Å². The summed E-state index contributed by atoms with van der Waals surface area (Å²) in [6.07, 6.45) is 3.81. The third-order valence-corrected chi connectivity index (χ3v) is 4.04. The van der Waals surface area contributed by atoms with Crippen LogP contribution in [0.15, 0.2) is 36.7 Å². The molecule has 2 aromatic rings. The average molecular weight is 314 g/mol. The Morgan fingerprint density at radius 1 is 1.26 bits per heavy atom. The summed E-state index contributed by atoms with van der Waals surface area (Å²) in [6.45, 7) is 5.49. The predicted octanol–water partition coefficient (Wildman–Crippen LogP) is 2.47. The number of likely N-dealkylation sites (N-methyl/N-ethyl adjacent to an activating group) is 2. The van der Waals surface area contributed by atoms with E-state index in [0.29, 0.717) is 6.54 Å². The molecule has 23 heavy (non-hydrogen) atoms. The van der Waals surface area contributed by atoms with E-state index in [4.69, 9.17) is 0 Å². The zero-order chi connectivity index (χ0) is 17.0. The minimum Gasteiger partial charge on any atom is -0.340 e. The van der Waals surface area contributed by atoms with Crippen LogP contribution >= 0.6 is 0 Å². The van der Waals surface area contributed by atoms with Crippen LogP contribution in [0.2, 0.25) is 0 Å². The molecule has 1 aromatic carbocycles. The van der Waals surface area contributed by atoms with Gasteiger partial charge in [0.15, 0.2) is 0 Å². The summed E-state index contributed by atoms with van der Waals surface area (Å²) < 4.78 is 1.87. The molecular weight excluding hydrogens is 288 g/mol. The maximum Gasteiger partial charge on any atom is 0.244 e. The number of hydrogen-bond acceptors (Lipinski definition) is 3. The highest BCUT2D eigenvalue weighted by molar-refractivity contribution is 5.83. The molecule has 0 N–H and O–H groups in total. The van der Waals surface area contributed by atoms with Gasteiger partial charge in [-0.3, -0.25) is 14.4 Å². The zero-order valence-electron chi connectivity index (χ0n) is 14.7. The molecule has 0 unspecified atom stereocenters. The fraction of sp³-hybridized carbons (Fsp3) is 0.444. The Morgan fingerprint density at radius 3 is 2.52 bits per heavy atom. The molecule has 0 aliphatic rings. The number of aryl methyl sites for hydroxylation is 2. The van der Waals surface area contributed by atoms with Gasteiger partial charge in [-0.05, 0) is 39.1 Å². The van der Waals surface area contributed by atoms with Crippen molar-refractivity contribution in [2.75, 3.05) is 21.1 Å². The van der Waals surface area contributed by atoms with E-state index in [9.17, 15) is 4.79 Å². The maximum atomic E-state index is 13.0. The van der Waals surface area contributed by atoms with Crippen LogP contribution in [0.3, 0.4) is 0 Å². The van der Waals surface area contributed by atoms with Gasteiger partial charge in [0.25, 0.3) is 0 Å². The molecule has 1 atom stereocenters. The lowest BCUT2D eigenvalue weighted by Gasteiger charge is -2.29. The summed E-state index contributed by atoms with van der Waals surface area (Å²) in [5.74, 6) is 0.0912. The fourth-order valence-corrected chi connectivity index (χ4v) is 2.75. The highest BCUT2D eigenvalue weighted by Gasteiger charge is 2.27. The normalized spacial score (nSPS) is 12.4. The van der Waals surface area contributed by atoms with Gasteiger partial charge in [-0.25, -0.2) is 0 Å². The molecule has 0 fully saturated rings. The van der Waals surface area contributed by atoms with Gasteiger partial charge in [-0.15, -0.1) is 0 Å². The Labute approximate surface area is 138 Å². The Balaban J connectivity index is 2.19. The van der Waals surface area contributed by atoms with Crippen LogP contribution < -0.4 is 0 Å². The van der Waals surface area contributed by atoms with E-state index < -0.39 is 0 Å². The van der Waals surface area contributed by atoms with Gasteiger partial charge in [0.05, 0.1) is 6.20 Å². The van der Waals surface area contributed by atoms with Gasteiger partial charge in [0.2, 0.25) is 5.91 Å². The van der Waals surface area contributed by atoms with Gasteiger partial charge in [-0.1, -0.05) is 24.3 Å². The number of hydrogen-bond donors (Lipinski definition) is 0. The Bertz CT molecular complexity index is 663. The van der Waals surface area contributed by atoms with Gasteiger partial charge in [0.1, 0.15) is 6.04 Å². The lowest BCUT2D eigenvalue weighted by atomic mass is 9.99. The molecule has 0 spiro atoms. The first-order valence-electron chi connectivity index (χ1n) is 7.92. The molecule has 0 bridgehead atoms. The first-order valence-corrected chi connectivity index (χ1v) is 7.92. The van der Waals surface area contributed by atoms with Crippen LogP contribution in [0, 0.1) is 6.92 Å². The second-order valence-corrected chi connectivity index (χ2v) is 6.12. The van der Waals surface area contributed by atoms with Gasteiger partial charge in [-0.2, -0.15) is 5.10 Å². The second-order valence-electron chi connectivity index (χ2n) is 6.12. The van der Waals surface area contributed by atoms with E-state index in [1.807, 2.05) is 81.2 Å². The van der Waals surface area contributed by atoms with Crippen molar-refractivity contribution in [2.45, 2.75) is 33.0 Å². The standard InChI is InChI=1S/C18H26N4O/c1-6-22-13-15(11-19-22)12-21(5)18(23)17(20(3)4)16-10-8-7-9-14(16)2/h7-11,13,17H,6,12H2,1-5H3/t17-/m1/s1. The van der Waals surface area contributed by atoms with Crippen molar-refractivity contribution in [1.29, 1.82) is 0 Å². The molecule has 0 radical (unpaired) electrons. The van der Waals surface area contributed by atoms with Crippen molar-refractivity contribution in [3.05, 3.63) is 53.3 Å². The van der Waals surface area contributed by atoms with Crippen molar-refractivity contribution in [3.63, 3.8) is 0 Å². The molecule has 0 saturated heterocycles. The van der Waals surface area contributed by atoms with E-state index in [2.05, 4.69) is 5.10 Å². The van der Waals surface area contributed by atoms with Crippen LogP contribution in [0.4, 0.5) is 0 Å². The van der Waals surface area contributed by atoms with E-state index in [1.165, 1.54) is 0 Å². The smallest absolute Gasteiger partial charge is 0.244 e. The summed E-state index contributed by atoms with van der Waals surface area (Å²) in [5.41, 5.74) is 3.23. The molecule has 0 aliphatic carbocycles. The highest BCUT2D eigenvalue weighted by atomic mass is 16.2. The number of carbonyl (C=O) groups is 1. The third kappa shape index (κ3) is 3.99. The number of amides is 1. The Hall–Kier alpha value is -2.14. The summed E-state index contributed by atoms with van der Waals surface area (Å²) in [7, 11) is 5.73. The van der Waals surface area contributed by atoms with Crippen molar-refractivity contribution in [2.24, 2.45) is 0 Å². The first-order chi connectivity index (χ1) is 10.9. The SMILES string of the molecule is CCn1cc(CN(C)C(=O)[C@@H](c2ccccc2C)N(C)C)cn1. The minimum atomic E-state index is -0.276. The summed E-state index contributed by atoms with van der Waals surface area (Å²) >= 11 is 0. The van der Waals surface area contributed by atoms with Crippen LogP contribution in [-0.4, -0.2) is 46.6 Å². The number of rotatable bonds is 6. The fourth-order valence-electron chi connectivity index (χ4n) is 2.75. The molecule has 5 heteroatoms. The number of aromatic nitrogens is 2. The quantitative estimate of drug-likeness (QED) is 0.822. The predicted molar refractivity (Wildman–Crippen MR) is 92.0 cm³/mol. The van der Waals surface area contributed by atoms with Crippen LogP contribution in [0.1, 0.15) is 29.7 Å². The molecule has 0 aliphatic heterocycles. The molecule has 1 heterocycles. The average Bonchev–Trinajstić information content (AvgIpc) is 2.96. The van der Waals surface area contributed by atoms with Crippen molar-refractivity contribution >= 4 is 5.91 Å². The van der Waals surface area contributed by atoms with Gasteiger partial charge in [0, 0.05) is 31.9 Å². The number of carbonyl (C=O) groups excluding carboxylic acids is 1. The van der Waals surface area contributed by atoms with Gasteiger partial charge >= 0.3 is 0 Å². The minimum absolute atomic E-state index is 0.0912. The molecule has 1 amide bonds. The summed E-state index contributed by atoms with van der Waals surface area (Å²) in [4.78, 5) is 16.7. The molecule has 124 valence electrons. The Kier molecular flexibility index (Phi) is 5.55. The molecular formula is C18H26N4O. The highest BCUT2D eigenvalue weighted by Crippen LogP contribution is 2.24. The second kappa shape index (κ2) is 7.42. The molecule has 2 rings (SSSR count). The lowest BCUT2D eigenvalue weighted by Crippen LogP contribution is -2.38. The van der Waals surface area contributed by atoms with E-state index in [1.54, 1.807) is 4.90 Å². The number of benzene rings is 1. The third-order valence-electron chi connectivity index (χ3n) is 4.04. The van der Waals surface area contributed by atoms with E-state index in [0.717, 1.165) is 23.2 Å². The molecule has 0 saturated carbocycles. The first kappa shape index (κ1) is 17.2.